The molecule has 0 saturated carbocycles. The quantitative estimate of drug-likeness (QED) is 0.356. The van der Waals surface area contributed by atoms with E-state index in [1.807, 2.05) is 38.1 Å². The van der Waals surface area contributed by atoms with Gasteiger partial charge in [-0.15, -0.1) is 0 Å². The van der Waals surface area contributed by atoms with E-state index in [0.29, 0.717) is 24.8 Å². The number of carbonyl (C=O) groups excluding carboxylic acids is 1. The van der Waals surface area contributed by atoms with Crippen LogP contribution in [0.5, 0.6) is 5.75 Å². The smallest absolute Gasteiger partial charge is 0.224 e. The molecule has 0 radical (unpaired) electrons. The number of ether oxygens (including phenoxy) is 1. The minimum absolute atomic E-state index is 0.0466. The van der Waals surface area contributed by atoms with Crippen molar-refractivity contribution in [1.29, 1.82) is 0 Å². The number of nitrogens with zero attached hydrogens (tertiary/aromatic N) is 2. The molecular weight excluding hydrogens is 440 g/mol. The fourth-order valence-electron chi connectivity index (χ4n) is 4.15. The second kappa shape index (κ2) is 14.7. The van der Waals surface area contributed by atoms with E-state index < -0.39 is 6.10 Å². The van der Waals surface area contributed by atoms with Crippen LogP contribution in [0.25, 0.3) is 0 Å². The molecule has 2 aromatic carbocycles. The molecule has 1 fully saturated rings. The second-order valence-electron chi connectivity index (χ2n) is 9.58. The Kier molecular flexibility index (Phi) is 11.3. The molecule has 1 atom stereocenters. The van der Waals surface area contributed by atoms with Gasteiger partial charge in [-0.25, -0.2) is 0 Å². The lowest BCUT2D eigenvalue weighted by atomic mass is 10.1. The number of hydrogen-bond acceptors (Lipinski definition) is 6. The molecule has 1 heterocycles. The van der Waals surface area contributed by atoms with Gasteiger partial charge < -0.3 is 25.4 Å². The average Bonchev–Trinajstić information content (AvgIpc) is 2.87. The number of unbranched alkanes of at least 4 members (excludes halogenated alkanes) is 2. The minimum atomic E-state index is -0.560. The van der Waals surface area contributed by atoms with Gasteiger partial charge in [0.2, 0.25) is 5.91 Å². The lowest BCUT2D eigenvalue weighted by Crippen LogP contribution is -2.46. The first-order valence-corrected chi connectivity index (χ1v) is 13.0. The van der Waals surface area contributed by atoms with Gasteiger partial charge in [-0.1, -0.05) is 38.5 Å². The highest BCUT2D eigenvalue weighted by Crippen LogP contribution is 2.17. The topological polar surface area (TPSA) is 77.1 Å². The molecular formula is C28H42N4O3. The van der Waals surface area contributed by atoms with Gasteiger partial charge in [0.05, 0.1) is 0 Å². The van der Waals surface area contributed by atoms with Crippen LogP contribution < -0.4 is 20.3 Å². The Bertz CT molecular complexity index is 852. The van der Waals surface area contributed by atoms with Crippen LogP contribution in [0.3, 0.4) is 0 Å². The van der Waals surface area contributed by atoms with E-state index in [4.69, 9.17) is 4.74 Å². The zero-order valence-corrected chi connectivity index (χ0v) is 21.3. The minimum Gasteiger partial charge on any atom is -0.491 e. The number of aliphatic hydroxyl groups is 1. The Labute approximate surface area is 210 Å². The van der Waals surface area contributed by atoms with E-state index in [9.17, 15) is 9.90 Å². The second-order valence-corrected chi connectivity index (χ2v) is 9.58. The SMILES string of the molecule is CC(C)NC[C@@H](O)COc1ccc(NC(=O)CCCCCN2CCN(c3ccccc3)CC2)cc1. The van der Waals surface area contributed by atoms with E-state index in [1.54, 1.807) is 0 Å². The summed E-state index contributed by atoms with van der Waals surface area (Å²) >= 11 is 0. The van der Waals surface area contributed by atoms with Crippen LogP contribution in [0, 0.1) is 0 Å². The highest BCUT2D eigenvalue weighted by Gasteiger charge is 2.16. The molecule has 0 bridgehead atoms. The van der Waals surface area contributed by atoms with Gasteiger partial charge in [-0.05, 0) is 55.8 Å². The summed E-state index contributed by atoms with van der Waals surface area (Å²) in [4.78, 5) is 17.3. The van der Waals surface area contributed by atoms with Gasteiger partial charge in [0.1, 0.15) is 18.5 Å². The number of nitrogens with one attached hydrogen (secondary N) is 2. The third-order valence-corrected chi connectivity index (χ3v) is 6.21. The molecule has 3 rings (SSSR count). The Morgan fingerprint density at radius 2 is 1.69 bits per heavy atom. The molecule has 7 nitrogen and oxygen atoms in total. The Morgan fingerprint density at radius 1 is 0.971 bits per heavy atom. The van der Waals surface area contributed by atoms with Crippen molar-refractivity contribution in [3.8, 4) is 5.75 Å². The number of amides is 1. The zero-order valence-electron chi connectivity index (χ0n) is 21.3. The van der Waals surface area contributed by atoms with Crippen LogP contribution in [-0.2, 0) is 4.79 Å². The fourth-order valence-corrected chi connectivity index (χ4v) is 4.15. The first kappa shape index (κ1) is 27.0. The summed E-state index contributed by atoms with van der Waals surface area (Å²) in [7, 11) is 0. The molecule has 1 amide bonds. The molecule has 0 spiro atoms. The molecule has 0 aromatic heterocycles. The molecule has 2 aromatic rings. The molecule has 192 valence electrons. The van der Waals surface area contributed by atoms with Gasteiger partial charge in [-0.3, -0.25) is 9.69 Å². The molecule has 0 aliphatic carbocycles. The van der Waals surface area contributed by atoms with Gasteiger partial charge in [0.15, 0.2) is 0 Å². The summed E-state index contributed by atoms with van der Waals surface area (Å²) in [6, 6.07) is 18.3. The van der Waals surface area contributed by atoms with Crippen molar-refractivity contribution in [3.05, 3.63) is 54.6 Å². The molecule has 3 N–H and O–H groups in total. The first-order chi connectivity index (χ1) is 17.0. The van der Waals surface area contributed by atoms with Crippen molar-refractivity contribution >= 4 is 17.3 Å². The van der Waals surface area contributed by atoms with Gasteiger partial charge >= 0.3 is 0 Å². The van der Waals surface area contributed by atoms with Crippen LogP contribution in [0.15, 0.2) is 54.6 Å². The normalized spacial score (nSPS) is 15.3. The number of carbonyl (C=O) groups is 1. The number of aliphatic hydroxyl groups excluding tert-OH is 1. The van der Waals surface area contributed by atoms with Crippen molar-refractivity contribution in [1.82, 2.24) is 10.2 Å². The fraction of sp³-hybridized carbons (Fsp3) is 0.536. The van der Waals surface area contributed by atoms with Gasteiger partial charge in [0, 0.05) is 56.6 Å². The maximum atomic E-state index is 12.3. The van der Waals surface area contributed by atoms with Crippen LogP contribution in [-0.4, -0.2) is 73.9 Å². The van der Waals surface area contributed by atoms with E-state index in [1.165, 1.54) is 5.69 Å². The summed E-state index contributed by atoms with van der Waals surface area (Å²) in [5, 5.41) is 16.1. The van der Waals surface area contributed by atoms with E-state index in [2.05, 4.69) is 50.8 Å². The Hall–Kier alpha value is -2.61. The van der Waals surface area contributed by atoms with Crippen LogP contribution in [0.1, 0.15) is 39.5 Å². The standard InChI is InChI=1S/C28H42N4O3/c1-23(2)29-21-26(33)22-35-27-14-12-24(13-15-27)30-28(34)11-7-4-8-16-31-17-19-32(20-18-31)25-9-5-3-6-10-25/h3,5-6,9-10,12-15,23,26,29,33H,4,7-8,11,16-22H2,1-2H3,(H,30,34)/t26-/m1/s1. The number of piperazine rings is 1. The summed E-state index contributed by atoms with van der Waals surface area (Å²) < 4.78 is 5.62. The third kappa shape index (κ3) is 10.3. The molecule has 35 heavy (non-hydrogen) atoms. The summed E-state index contributed by atoms with van der Waals surface area (Å²) in [6.07, 6.45) is 3.07. The largest absolute Gasteiger partial charge is 0.491 e. The molecule has 1 saturated heterocycles. The Morgan fingerprint density at radius 3 is 2.37 bits per heavy atom. The number of para-hydroxylation sites is 1. The predicted octanol–water partition coefficient (Wildman–Crippen LogP) is 3.75. The zero-order chi connectivity index (χ0) is 24.9. The van der Waals surface area contributed by atoms with Crippen LogP contribution in [0.2, 0.25) is 0 Å². The van der Waals surface area contributed by atoms with Crippen LogP contribution in [0.4, 0.5) is 11.4 Å². The third-order valence-electron chi connectivity index (χ3n) is 6.21. The number of hydrogen-bond donors (Lipinski definition) is 3. The molecule has 1 aliphatic rings. The first-order valence-electron chi connectivity index (χ1n) is 13.0. The van der Waals surface area contributed by atoms with Gasteiger partial charge in [-0.2, -0.15) is 0 Å². The maximum Gasteiger partial charge on any atom is 0.224 e. The highest BCUT2D eigenvalue weighted by atomic mass is 16.5. The number of benzene rings is 2. The Balaban J connectivity index is 1.23. The van der Waals surface area contributed by atoms with Crippen molar-refractivity contribution in [2.45, 2.75) is 51.7 Å². The molecule has 1 aliphatic heterocycles. The highest BCUT2D eigenvalue weighted by molar-refractivity contribution is 5.90. The monoisotopic (exact) mass is 482 g/mol. The summed E-state index contributed by atoms with van der Waals surface area (Å²) in [5.74, 6) is 0.724. The number of rotatable bonds is 14. The summed E-state index contributed by atoms with van der Waals surface area (Å²) in [6.45, 7) is 10.3. The van der Waals surface area contributed by atoms with Gasteiger partial charge in [0.25, 0.3) is 0 Å². The molecule has 7 heteroatoms. The van der Waals surface area contributed by atoms with Crippen molar-refractivity contribution in [2.24, 2.45) is 0 Å². The van der Waals surface area contributed by atoms with E-state index in [0.717, 1.165) is 57.7 Å². The van der Waals surface area contributed by atoms with Crippen molar-refractivity contribution in [3.63, 3.8) is 0 Å². The van der Waals surface area contributed by atoms with Crippen molar-refractivity contribution in [2.75, 3.05) is 56.1 Å². The lowest BCUT2D eigenvalue weighted by Gasteiger charge is -2.36. The summed E-state index contributed by atoms with van der Waals surface area (Å²) in [5.41, 5.74) is 2.08. The van der Waals surface area contributed by atoms with E-state index in [-0.39, 0.29) is 12.5 Å². The predicted molar refractivity (Wildman–Crippen MR) is 143 cm³/mol. The molecule has 0 unspecified atom stereocenters. The average molecular weight is 483 g/mol. The van der Waals surface area contributed by atoms with Crippen LogP contribution >= 0.6 is 0 Å². The van der Waals surface area contributed by atoms with Crippen molar-refractivity contribution < 1.29 is 14.6 Å². The lowest BCUT2D eigenvalue weighted by molar-refractivity contribution is -0.116. The van der Waals surface area contributed by atoms with E-state index >= 15 is 0 Å². The maximum absolute atomic E-state index is 12.3. The number of anilines is 2.